The van der Waals surface area contributed by atoms with E-state index in [-0.39, 0.29) is 10.8 Å². The molecular formula is C11H13NO4S. The number of benzene rings is 1. The van der Waals surface area contributed by atoms with Crippen LogP contribution in [0.4, 0.5) is 5.69 Å². The zero-order valence-electron chi connectivity index (χ0n) is 9.61. The molecule has 0 saturated carbocycles. The lowest BCUT2D eigenvalue weighted by Gasteiger charge is -2.08. The Kier molecular flexibility index (Phi) is 2.82. The molecule has 0 bridgehead atoms. The number of carbonyl (C=O) groups is 1. The molecule has 0 aromatic heterocycles. The predicted molar refractivity (Wildman–Crippen MR) is 62.8 cm³/mol. The monoisotopic (exact) mass is 255 g/mol. The van der Waals surface area contributed by atoms with E-state index in [2.05, 4.69) is 10.1 Å². The third kappa shape index (κ3) is 1.88. The van der Waals surface area contributed by atoms with E-state index in [4.69, 9.17) is 0 Å². The number of hydrogen-bond donors (Lipinski definition) is 1. The quantitative estimate of drug-likeness (QED) is 0.804. The van der Waals surface area contributed by atoms with Crippen LogP contribution < -0.4 is 5.32 Å². The maximum absolute atomic E-state index is 11.7. The van der Waals surface area contributed by atoms with E-state index in [1.807, 2.05) is 6.92 Å². The highest BCUT2D eigenvalue weighted by atomic mass is 32.2. The number of ether oxygens (including phenoxy) is 1. The van der Waals surface area contributed by atoms with Crippen molar-refractivity contribution in [2.24, 2.45) is 0 Å². The molecule has 0 unspecified atom stereocenters. The van der Waals surface area contributed by atoms with Gasteiger partial charge in [-0.05, 0) is 24.1 Å². The first-order chi connectivity index (χ1) is 7.99. The third-order valence-corrected chi connectivity index (χ3v) is 4.31. The van der Waals surface area contributed by atoms with Crippen LogP contribution in [0.25, 0.3) is 0 Å². The van der Waals surface area contributed by atoms with Gasteiger partial charge in [-0.25, -0.2) is 13.2 Å². The predicted octanol–water partition coefficient (Wildman–Crippen LogP) is 1.19. The first-order valence-electron chi connectivity index (χ1n) is 5.21. The molecule has 1 aliphatic rings. The summed E-state index contributed by atoms with van der Waals surface area (Å²) in [5, 5.41) is 2.77. The molecule has 0 radical (unpaired) electrons. The van der Waals surface area contributed by atoms with E-state index in [1.54, 1.807) is 12.1 Å². The van der Waals surface area contributed by atoms with Crippen molar-refractivity contribution in [2.75, 3.05) is 18.3 Å². The van der Waals surface area contributed by atoms with Crippen LogP contribution in [-0.2, 0) is 21.0 Å². The van der Waals surface area contributed by atoms with E-state index < -0.39 is 15.8 Å². The Morgan fingerprint density at radius 2 is 2.18 bits per heavy atom. The molecule has 6 heteroatoms. The summed E-state index contributed by atoms with van der Waals surface area (Å²) in [5.74, 6) is -0.563. The van der Waals surface area contributed by atoms with Gasteiger partial charge in [-0.1, -0.05) is 6.92 Å². The highest BCUT2D eigenvalue weighted by Gasteiger charge is 2.28. The molecule has 92 valence electrons. The fourth-order valence-electron chi connectivity index (χ4n) is 1.86. The molecule has 1 aliphatic heterocycles. The Morgan fingerprint density at radius 3 is 2.76 bits per heavy atom. The standard InChI is InChI=1S/C11H13NO4S/c1-3-7-4-10-9(12-6-17(10,14)15)5-8(7)11(13)16-2/h4-5,12H,3,6H2,1-2H3. The Labute approximate surface area is 99.7 Å². The summed E-state index contributed by atoms with van der Waals surface area (Å²) in [7, 11) is -1.95. The molecule has 0 atom stereocenters. The van der Waals surface area contributed by atoms with Gasteiger partial charge in [-0.15, -0.1) is 0 Å². The molecule has 0 fully saturated rings. The summed E-state index contributed by atoms with van der Waals surface area (Å²) in [6.07, 6.45) is 0.577. The minimum Gasteiger partial charge on any atom is -0.465 e. The molecule has 0 amide bonds. The summed E-state index contributed by atoms with van der Waals surface area (Å²) < 4.78 is 28.1. The molecule has 1 aromatic carbocycles. The normalized spacial score (nSPS) is 16.1. The summed E-state index contributed by atoms with van der Waals surface area (Å²) in [6.45, 7) is 1.86. The van der Waals surface area contributed by atoms with Crippen LogP contribution in [-0.4, -0.2) is 27.4 Å². The molecule has 2 rings (SSSR count). The Morgan fingerprint density at radius 1 is 1.47 bits per heavy atom. The van der Waals surface area contributed by atoms with Crippen molar-refractivity contribution >= 4 is 21.5 Å². The number of anilines is 1. The summed E-state index contributed by atoms with van der Waals surface area (Å²) in [6, 6.07) is 3.10. The second-order valence-corrected chi connectivity index (χ2v) is 5.74. The van der Waals surface area contributed by atoms with Gasteiger partial charge in [0.15, 0.2) is 9.84 Å². The number of hydrogen-bond acceptors (Lipinski definition) is 5. The van der Waals surface area contributed by atoms with Crippen molar-refractivity contribution in [1.29, 1.82) is 0 Å². The number of carbonyl (C=O) groups excluding carboxylic acids is 1. The van der Waals surface area contributed by atoms with Crippen LogP contribution in [0.1, 0.15) is 22.8 Å². The molecule has 1 N–H and O–H groups in total. The number of nitrogens with one attached hydrogen (secondary N) is 1. The van der Waals surface area contributed by atoms with Crippen LogP contribution in [0, 0.1) is 0 Å². The van der Waals surface area contributed by atoms with Gasteiger partial charge >= 0.3 is 5.97 Å². The van der Waals surface area contributed by atoms with Gasteiger partial charge in [0.2, 0.25) is 0 Å². The van der Waals surface area contributed by atoms with Crippen LogP contribution in [0.3, 0.4) is 0 Å². The molecule has 0 saturated heterocycles. The Bertz CT molecular complexity index is 577. The van der Waals surface area contributed by atoms with Crippen LogP contribution in [0.15, 0.2) is 17.0 Å². The van der Waals surface area contributed by atoms with E-state index >= 15 is 0 Å². The van der Waals surface area contributed by atoms with Gasteiger partial charge in [0, 0.05) is 0 Å². The van der Waals surface area contributed by atoms with Crippen LogP contribution >= 0.6 is 0 Å². The largest absolute Gasteiger partial charge is 0.465 e. The number of fused-ring (bicyclic) bond motifs is 1. The zero-order valence-corrected chi connectivity index (χ0v) is 10.4. The number of sulfone groups is 1. The molecule has 1 aromatic rings. The number of aryl methyl sites for hydroxylation is 1. The lowest BCUT2D eigenvalue weighted by molar-refractivity contribution is 0.0599. The Hall–Kier alpha value is -1.56. The molecule has 5 nitrogen and oxygen atoms in total. The smallest absolute Gasteiger partial charge is 0.338 e. The van der Waals surface area contributed by atoms with Gasteiger partial charge < -0.3 is 10.1 Å². The maximum Gasteiger partial charge on any atom is 0.338 e. The highest BCUT2D eigenvalue weighted by molar-refractivity contribution is 7.92. The number of methoxy groups -OCH3 is 1. The lowest BCUT2D eigenvalue weighted by atomic mass is 10.0. The van der Waals surface area contributed by atoms with Gasteiger partial charge in [-0.3, -0.25) is 0 Å². The minimum absolute atomic E-state index is 0.115. The fraction of sp³-hybridized carbons (Fsp3) is 0.364. The number of rotatable bonds is 2. The summed E-state index contributed by atoms with van der Waals surface area (Å²) in [4.78, 5) is 11.8. The fourth-order valence-corrected chi connectivity index (χ4v) is 3.15. The van der Waals surface area contributed by atoms with Crippen molar-refractivity contribution in [3.05, 3.63) is 23.3 Å². The van der Waals surface area contributed by atoms with E-state index in [9.17, 15) is 13.2 Å². The number of esters is 1. The average molecular weight is 255 g/mol. The molecule has 0 spiro atoms. The first-order valence-corrected chi connectivity index (χ1v) is 6.86. The maximum atomic E-state index is 11.7. The second-order valence-electron chi connectivity index (χ2n) is 3.79. The lowest BCUT2D eigenvalue weighted by Crippen LogP contribution is -2.06. The van der Waals surface area contributed by atoms with Crippen molar-refractivity contribution < 1.29 is 17.9 Å². The molecule has 17 heavy (non-hydrogen) atoms. The van der Waals surface area contributed by atoms with Crippen LogP contribution in [0.2, 0.25) is 0 Å². The molecular weight excluding hydrogens is 242 g/mol. The van der Waals surface area contributed by atoms with Crippen molar-refractivity contribution in [3.63, 3.8) is 0 Å². The summed E-state index contributed by atoms with van der Waals surface area (Å²) >= 11 is 0. The van der Waals surface area contributed by atoms with Crippen molar-refractivity contribution in [1.82, 2.24) is 0 Å². The Balaban J connectivity index is 2.64. The van der Waals surface area contributed by atoms with Crippen molar-refractivity contribution in [3.8, 4) is 0 Å². The van der Waals surface area contributed by atoms with Gasteiger partial charge in [-0.2, -0.15) is 0 Å². The van der Waals surface area contributed by atoms with Crippen molar-refractivity contribution in [2.45, 2.75) is 18.2 Å². The second kappa shape index (κ2) is 4.03. The molecule has 0 aliphatic carbocycles. The van der Waals surface area contributed by atoms with E-state index in [1.165, 1.54) is 7.11 Å². The SMILES string of the molecule is CCc1cc2c(cc1C(=O)OC)NCS2(=O)=O. The highest BCUT2D eigenvalue weighted by Crippen LogP contribution is 2.32. The third-order valence-electron chi connectivity index (χ3n) is 2.78. The van der Waals surface area contributed by atoms with Gasteiger partial charge in [0.05, 0.1) is 23.3 Å². The molecule has 1 heterocycles. The average Bonchev–Trinajstić information content (AvgIpc) is 2.62. The first kappa shape index (κ1) is 11.9. The van der Waals surface area contributed by atoms with Gasteiger partial charge in [0.25, 0.3) is 0 Å². The minimum atomic E-state index is -3.25. The zero-order chi connectivity index (χ0) is 12.6. The van der Waals surface area contributed by atoms with E-state index in [0.717, 1.165) is 0 Å². The topological polar surface area (TPSA) is 72.5 Å². The van der Waals surface area contributed by atoms with E-state index in [0.29, 0.717) is 23.2 Å². The summed E-state index contributed by atoms with van der Waals surface area (Å²) in [5.41, 5.74) is 1.57. The van der Waals surface area contributed by atoms with Gasteiger partial charge in [0.1, 0.15) is 5.88 Å². The van der Waals surface area contributed by atoms with Crippen LogP contribution in [0.5, 0.6) is 0 Å².